The number of hydrogen-bond donors (Lipinski definition) is 1. The van der Waals surface area contributed by atoms with Crippen molar-refractivity contribution in [3.8, 4) is 12.3 Å². The van der Waals surface area contributed by atoms with Crippen LogP contribution in [0.5, 0.6) is 0 Å². The van der Waals surface area contributed by atoms with E-state index in [0.29, 0.717) is 0 Å². The molecular formula is C14H17NO. The van der Waals surface area contributed by atoms with Gasteiger partial charge in [-0.2, -0.15) is 0 Å². The van der Waals surface area contributed by atoms with E-state index in [0.717, 1.165) is 5.56 Å². The van der Waals surface area contributed by atoms with E-state index in [4.69, 9.17) is 6.42 Å². The quantitative estimate of drug-likeness (QED) is 0.771. The second-order valence-corrected chi connectivity index (χ2v) is 4.17. The maximum absolute atomic E-state index is 11.5. The second kappa shape index (κ2) is 5.37. The first-order valence-electron chi connectivity index (χ1n) is 5.37. The Morgan fingerprint density at radius 1 is 1.31 bits per heavy atom. The molecule has 1 aromatic rings. The van der Waals surface area contributed by atoms with E-state index in [1.54, 1.807) is 0 Å². The summed E-state index contributed by atoms with van der Waals surface area (Å²) in [6.45, 7) is 5.71. The summed E-state index contributed by atoms with van der Waals surface area (Å²) in [6, 6.07) is 7.53. The third kappa shape index (κ3) is 3.13. The van der Waals surface area contributed by atoms with Crippen molar-refractivity contribution in [2.75, 3.05) is 0 Å². The van der Waals surface area contributed by atoms with Gasteiger partial charge in [0.2, 0.25) is 5.91 Å². The molecule has 2 nitrogen and oxygen atoms in total. The van der Waals surface area contributed by atoms with Gasteiger partial charge in [-0.3, -0.25) is 4.79 Å². The first-order valence-corrected chi connectivity index (χ1v) is 5.37. The standard InChI is InChI=1S/C14H17NO/c1-5-13(15-14(16)10(2)3)12-8-6-11(4)7-9-12/h1,6-10,13H,2-4H3,(H,15,16). The van der Waals surface area contributed by atoms with Crippen LogP contribution in [0.2, 0.25) is 0 Å². The molecule has 0 spiro atoms. The van der Waals surface area contributed by atoms with Gasteiger partial charge in [-0.05, 0) is 12.5 Å². The Bertz CT molecular complexity index is 398. The summed E-state index contributed by atoms with van der Waals surface area (Å²) in [6.07, 6.45) is 5.43. The van der Waals surface area contributed by atoms with Gasteiger partial charge in [0.05, 0.1) is 0 Å². The van der Waals surface area contributed by atoms with Crippen LogP contribution in [0.3, 0.4) is 0 Å². The van der Waals surface area contributed by atoms with Crippen molar-refractivity contribution in [2.24, 2.45) is 5.92 Å². The van der Waals surface area contributed by atoms with Crippen LogP contribution >= 0.6 is 0 Å². The Morgan fingerprint density at radius 2 is 1.88 bits per heavy atom. The Kier molecular flexibility index (Phi) is 4.13. The average Bonchev–Trinajstić information content (AvgIpc) is 2.26. The minimum Gasteiger partial charge on any atom is -0.338 e. The molecular weight excluding hydrogens is 198 g/mol. The number of nitrogens with one attached hydrogen (secondary N) is 1. The van der Waals surface area contributed by atoms with Gasteiger partial charge in [-0.1, -0.05) is 49.6 Å². The van der Waals surface area contributed by atoms with Crippen molar-refractivity contribution in [3.05, 3.63) is 35.4 Å². The van der Waals surface area contributed by atoms with E-state index in [9.17, 15) is 4.79 Å². The van der Waals surface area contributed by atoms with Gasteiger partial charge in [0.15, 0.2) is 0 Å². The van der Waals surface area contributed by atoms with Crippen LogP contribution in [0.25, 0.3) is 0 Å². The van der Waals surface area contributed by atoms with E-state index < -0.39 is 0 Å². The number of aryl methyl sites for hydroxylation is 1. The molecule has 0 aromatic heterocycles. The topological polar surface area (TPSA) is 29.1 Å². The zero-order valence-electron chi connectivity index (χ0n) is 9.95. The predicted molar refractivity (Wildman–Crippen MR) is 65.7 cm³/mol. The summed E-state index contributed by atoms with van der Waals surface area (Å²) < 4.78 is 0. The highest BCUT2D eigenvalue weighted by Gasteiger charge is 2.13. The minimum atomic E-state index is -0.338. The predicted octanol–water partition coefficient (Wildman–Crippen LogP) is 2.44. The fourth-order valence-corrected chi connectivity index (χ4v) is 1.29. The molecule has 0 saturated carbocycles. The van der Waals surface area contributed by atoms with Crippen molar-refractivity contribution in [1.29, 1.82) is 0 Å². The number of terminal acetylenes is 1. The summed E-state index contributed by atoms with van der Waals surface area (Å²) in [5.74, 6) is 2.51. The monoisotopic (exact) mass is 215 g/mol. The summed E-state index contributed by atoms with van der Waals surface area (Å²) in [5, 5.41) is 2.83. The molecule has 1 unspecified atom stereocenters. The number of rotatable bonds is 3. The van der Waals surface area contributed by atoms with Gasteiger partial charge in [-0.15, -0.1) is 6.42 Å². The number of hydrogen-bond acceptors (Lipinski definition) is 1. The first-order chi connectivity index (χ1) is 7.54. The third-order valence-corrected chi connectivity index (χ3v) is 2.39. The maximum Gasteiger partial charge on any atom is 0.223 e. The summed E-state index contributed by atoms with van der Waals surface area (Å²) in [5.41, 5.74) is 2.12. The van der Waals surface area contributed by atoms with Crippen LogP contribution in [-0.2, 0) is 4.79 Å². The molecule has 84 valence electrons. The van der Waals surface area contributed by atoms with Crippen LogP contribution in [0.4, 0.5) is 0 Å². The molecule has 1 amide bonds. The lowest BCUT2D eigenvalue weighted by Crippen LogP contribution is -2.31. The van der Waals surface area contributed by atoms with E-state index in [-0.39, 0.29) is 17.9 Å². The minimum absolute atomic E-state index is 0.0245. The van der Waals surface area contributed by atoms with Crippen LogP contribution in [0, 0.1) is 25.2 Å². The molecule has 0 aliphatic carbocycles. The van der Waals surface area contributed by atoms with Gasteiger partial charge in [-0.25, -0.2) is 0 Å². The molecule has 0 radical (unpaired) electrons. The molecule has 0 fully saturated rings. The van der Waals surface area contributed by atoms with Crippen molar-refractivity contribution < 1.29 is 4.79 Å². The summed E-state index contributed by atoms with van der Waals surface area (Å²) >= 11 is 0. The van der Waals surface area contributed by atoms with Crippen LogP contribution in [-0.4, -0.2) is 5.91 Å². The zero-order chi connectivity index (χ0) is 12.1. The molecule has 0 saturated heterocycles. The number of carbonyl (C=O) groups is 1. The second-order valence-electron chi connectivity index (χ2n) is 4.17. The zero-order valence-corrected chi connectivity index (χ0v) is 9.95. The molecule has 2 heteroatoms. The van der Waals surface area contributed by atoms with Gasteiger partial charge in [0.1, 0.15) is 6.04 Å². The average molecular weight is 215 g/mol. The Morgan fingerprint density at radius 3 is 2.31 bits per heavy atom. The van der Waals surface area contributed by atoms with Crippen molar-refractivity contribution in [1.82, 2.24) is 5.32 Å². The van der Waals surface area contributed by atoms with Crippen molar-refractivity contribution in [3.63, 3.8) is 0 Å². The molecule has 1 rings (SSSR count). The highest BCUT2D eigenvalue weighted by atomic mass is 16.1. The Hall–Kier alpha value is -1.75. The molecule has 1 N–H and O–H groups in total. The van der Waals surface area contributed by atoms with Gasteiger partial charge in [0.25, 0.3) is 0 Å². The van der Waals surface area contributed by atoms with Gasteiger partial charge < -0.3 is 5.32 Å². The largest absolute Gasteiger partial charge is 0.338 e. The van der Waals surface area contributed by atoms with Crippen LogP contribution in [0.1, 0.15) is 31.0 Å². The van der Waals surface area contributed by atoms with E-state index in [2.05, 4.69) is 11.2 Å². The van der Waals surface area contributed by atoms with Crippen LogP contribution < -0.4 is 5.32 Å². The molecule has 16 heavy (non-hydrogen) atoms. The highest BCUT2D eigenvalue weighted by Crippen LogP contribution is 2.13. The lowest BCUT2D eigenvalue weighted by molar-refractivity contribution is -0.124. The highest BCUT2D eigenvalue weighted by molar-refractivity contribution is 5.78. The smallest absolute Gasteiger partial charge is 0.223 e. The molecule has 1 atom stereocenters. The Labute approximate surface area is 97.1 Å². The van der Waals surface area contributed by atoms with E-state index in [1.165, 1.54) is 5.56 Å². The SMILES string of the molecule is C#CC(NC(=O)C(C)C)c1ccc(C)cc1. The molecule has 0 aliphatic heterocycles. The molecule has 0 bridgehead atoms. The van der Waals surface area contributed by atoms with Gasteiger partial charge in [0, 0.05) is 5.92 Å². The van der Waals surface area contributed by atoms with E-state index >= 15 is 0 Å². The molecule has 0 aliphatic rings. The van der Waals surface area contributed by atoms with Gasteiger partial charge >= 0.3 is 0 Å². The number of carbonyl (C=O) groups excluding carboxylic acids is 1. The molecule has 0 heterocycles. The Balaban J connectivity index is 2.80. The summed E-state index contributed by atoms with van der Waals surface area (Å²) in [4.78, 5) is 11.5. The number of benzene rings is 1. The fourth-order valence-electron chi connectivity index (χ4n) is 1.29. The maximum atomic E-state index is 11.5. The third-order valence-electron chi connectivity index (χ3n) is 2.39. The summed E-state index contributed by atoms with van der Waals surface area (Å²) in [7, 11) is 0. The normalized spacial score (nSPS) is 11.9. The van der Waals surface area contributed by atoms with Crippen molar-refractivity contribution in [2.45, 2.75) is 26.8 Å². The first kappa shape index (κ1) is 12.3. The number of amides is 1. The van der Waals surface area contributed by atoms with E-state index in [1.807, 2.05) is 45.0 Å². The van der Waals surface area contributed by atoms with Crippen molar-refractivity contribution >= 4 is 5.91 Å². The fraction of sp³-hybridized carbons (Fsp3) is 0.357. The van der Waals surface area contributed by atoms with Crippen LogP contribution in [0.15, 0.2) is 24.3 Å². The molecule has 1 aromatic carbocycles. The lowest BCUT2D eigenvalue weighted by atomic mass is 10.0. The lowest BCUT2D eigenvalue weighted by Gasteiger charge is -2.15.